The van der Waals surface area contributed by atoms with Crippen molar-refractivity contribution in [3.8, 4) is 11.3 Å². The van der Waals surface area contributed by atoms with Gasteiger partial charge in [0.25, 0.3) is 6.01 Å². The molecule has 90 valence electrons. The first-order valence-electron chi connectivity index (χ1n) is 5.20. The summed E-state index contributed by atoms with van der Waals surface area (Å²) in [6.45, 7) is 3.81. The van der Waals surface area contributed by atoms with Crippen molar-refractivity contribution in [3.63, 3.8) is 0 Å². The third-order valence-electron chi connectivity index (χ3n) is 2.39. The molecule has 0 saturated carbocycles. The predicted molar refractivity (Wildman–Crippen MR) is 60.4 cm³/mol. The van der Waals surface area contributed by atoms with Crippen LogP contribution in [0.1, 0.15) is 25.5 Å². The molecule has 17 heavy (non-hydrogen) atoms. The van der Waals surface area contributed by atoms with Crippen LogP contribution in [0, 0.1) is 11.6 Å². The van der Waals surface area contributed by atoms with Crippen molar-refractivity contribution in [2.24, 2.45) is 0 Å². The molecule has 1 aromatic heterocycles. The Morgan fingerprint density at radius 1 is 1.24 bits per heavy atom. The number of nitrogens with zero attached hydrogens (tertiary/aromatic N) is 1. The Balaban J connectivity index is 2.55. The highest BCUT2D eigenvalue weighted by molar-refractivity contribution is 5.63. The Morgan fingerprint density at radius 2 is 1.94 bits per heavy atom. The van der Waals surface area contributed by atoms with Crippen LogP contribution in [0.15, 0.2) is 22.6 Å². The van der Waals surface area contributed by atoms with Crippen molar-refractivity contribution < 1.29 is 13.2 Å². The minimum Gasteiger partial charge on any atom is -0.428 e. The second-order valence-electron chi connectivity index (χ2n) is 4.05. The molecule has 0 fully saturated rings. The number of hydrogen-bond donors (Lipinski definition) is 1. The van der Waals surface area contributed by atoms with E-state index < -0.39 is 11.6 Å². The van der Waals surface area contributed by atoms with Gasteiger partial charge in [-0.15, -0.1) is 0 Å². The van der Waals surface area contributed by atoms with Crippen molar-refractivity contribution in [1.82, 2.24) is 4.98 Å². The SMILES string of the molecule is CC(C)c1oc(N)nc1-c1ccc(F)c(F)c1. The summed E-state index contributed by atoms with van der Waals surface area (Å²) in [5.74, 6) is -1.19. The first-order chi connectivity index (χ1) is 7.99. The van der Waals surface area contributed by atoms with Crippen LogP contribution in [-0.2, 0) is 0 Å². The standard InChI is InChI=1S/C12H12F2N2O/c1-6(2)11-10(16-12(15)17-11)7-3-4-8(13)9(14)5-7/h3-6H,1-2H3,(H2,15,16). The summed E-state index contributed by atoms with van der Waals surface area (Å²) in [7, 11) is 0. The summed E-state index contributed by atoms with van der Waals surface area (Å²) >= 11 is 0. The average Bonchev–Trinajstić information content (AvgIpc) is 2.64. The maximum atomic E-state index is 13.1. The highest BCUT2D eigenvalue weighted by Crippen LogP contribution is 2.31. The van der Waals surface area contributed by atoms with Gasteiger partial charge in [0.1, 0.15) is 11.5 Å². The monoisotopic (exact) mass is 238 g/mol. The zero-order valence-corrected chi connectivity index (χ0v) is 9.50. The van der Waals surface area contributed by atoms with Gasteiger partial charge in [-0.05, 0) is 18.2 Å². The van der Waals surface area contributed by atoms with Gasteiger partial charge in [0.2, 0.25) is 0 Å². The average molecular weight is 238 g/mol. The molecule has 1 heterocycles. The van der Waals surface area contributed by atoms with E-state index in [1.807, 2.05) is 13.8 Å². The molecule has 0 aliphatic rings. The maximum absolute atomic E-state index is 13.1. The van der Waals surface area contributed by atoms with Crippen molar-refractivity contribution in [2.45, 2.75) is 19.8 Å². The van der Waals surface area contributed by atoms with Crippen molar-refractivity contribution in [2.75, 3.05) is 5.73 Å². The molecule has 1 aromatic carbocycles. The molecule has 0 saturated heterocycles. The lowest BCUT2D eigenvalue weighted by molar-refractivity contribution is 0.500. The summed E-state index contributed by atoms with van der Waals surface area (Å²) in [5, 5.41) is 0. The number of aromatic nitrogens is 1. The van der Waals surface area contributed by atoms with Gasteiger partial charge in [-0.3, -0.25) is 0 Å². The van der Waals surface area contributed by atoms with E-state index in [1.54, 1.807) is 0 Å². The summed E-state index contributed by atoms with van der Waals surface area (Å²) in [6.07, 6.45) is 0. The lowest BCUT2D eigenvalue weighted by Gasteiger charge is -2.04. The van der Waals surface area contributed by atoms with Gasteiger partial charge in [-0.1, -0.05) is 13.8 Å². The lowest BCUT2D eigenvalue weighted by atomic mass is 10.0. The Bertz CT molecular complexity index is 549. The van der Waals surface area contributed by atoms with Crippen molar-refractivity contribution >= 4 is 6.01 Å². The third kappa shape index (κ3) is 2.13. The molecule has 0 aliphatic heterocycles. The van der Waals surface area contributed by atoms with Crippen LogP contribution in [0.4, 0.5) is 14.8 Å². The van der Waals surface area contributed by atoms with Gasteiger partial charge >= 0.3 is 0 Å². The first kappa shape index (κ1) is 11.6. The smallest absolute Gasteiger partial charge is 0.292 e. The molecule has 2 N–H and O–H groups in total. The number of rotatable bonds is 2. The fraction of sp³-hybridized carbons (Fsp3) is 0.250. The van der Waals surface area contributed by atoms with E-state index in [9.17, 15) is 8.78 Å². The summed E-state index contributed by atoms with van der Waals surface area (Å²) < 4.78 is 31.2. The fourth-order valence-corrected chi connectivity index (χ4v) is 1.59. The second kappa shape index (κ2) is 4.16. The van der Waals surface area contributed by atoms with Crippen LogP contribution in [0.2, 0.25) is 0 Å². The molecular weight excluding hydrogens is 226 g/mol. The number of oxazole rings is 1. The molecule has 2 aromatic rings. The summed E-state index contributed by atoms with van der Waals surface area (Å²) in [5.41, 5.74) is 6.38. The minimum atomic E-state index is -0.918. The Labute approximate surface area is 97.3 Å². The lowest BCUT2D eigenvalue weighted by Crippen LogP contribution is -1.91. The molecule has 0 radical (unpaired) electrons. The van der Waals surface area contributed by atoms with E-state index in [0.717, 1.165) is 12.1 Å². The summed E-state index contributed by atoms with van der Waals surface area (Å²) in [4.78, 5) is 3.99. The molecule has 0 atom stereocenters. The second-order valence-corrected chi connectivity index (χ2v) is 4.05. The van der Waals surface area contributed by atoms with Crippen molar-refractivity contribution in [3.05, 3.63) is 35.6 Å². The van der Waals surface area contributed by atoms with Gasteiger partial charge < -0.3 is 10.2 Å². The number of anilines is 1. The van der Waals surface area contributed by atoms with Crippen LogP contribution in [-0.4, -0.2) is 4.98 Å². The Morgan fingerprint density at radius 3 is 2.53 bits per heavy atom. The topological polar surface area (TPSA) is 52.0 Å². The number of nitrogens with two attached hydrogens (primary N) is 1. The fourth-order valence-electron chi connectivity index (χ4n) is 1.59. The van der Waals surface area contributed by atoms with Gasteiger partial charge in [0.05, 0.1) is 0 Å². The Hall–Kier alpha value is -1.91. The highest BCUT2D eigenvalue weighted by Gasteiger charge is 2.17. The maximum Gasteiger partial charge on any atom is 0.292 e. The van der Waals surface area contributed by atoms with Crippen LogP contribution in [0.5, 0.6) is 0 Å². The highest BCUT2D eigenvalue weighted by atomic mass is 19.2. The van der Waals surface area contributed by atoms with Gasteiger partial charge in [-0.25, -0.2) is 8.78 Å². The van der Waals surface area contributed by atoms with E-state index in [0.29, 0.717) is 17.0 Å². The molecule has 0 spiro atoms. The normalized spacial score (nSPS) is 11.1. The largest absolute Gasteiger partial charge is 0.428 e. The zero-order chi connectivity index (χ0) is 12.6. The van der Waals surface area contributed by atoms with E-state index in [1.165, 1.54) is 6.07 Å². The molecule has 0 aliphatic carbocycles. The van der Waals surface area contributed by atoms with E-state index >= 15 is 0 Å². The predicted octanol–water partition coefficient (Wildman–Crippen LogP) is 3.33. The molecule has 0 unspecified atom stereocenters. The molecule has 5 heteroatoms. The van der Waals surface area contributed by atoms with Crippen LogP contribution in [0.25, 0.3) is 11.3 Å². The molecule has 0 bridgehead atoms. The third-order valence-corrected chi connectivity index (χ3v) is 2.39. The van der Waals surface area contributed by atoms with Crippen LogP contribution >= 0.6 is 0 Å². The molecule has 2 rings (SSSR count). The number of nitrogen functional groups attached to an aromatic ring is 1. The molecule has 3 nitrogen and oxygen atoms in total. The summed E-state index contributed by atoms with van der Waals surface area (Å²) in [6, 6.07) is 3.60. The van der Waals surface area contributed by atoms with Crippen LogP contribution < -0.4 is 5.73 Å². The minimum absolute atomic E-state index is 0.0217. The van der Waals surface area contributed by atoms with Gasteiger partial charge in [-0.2, -0.15) is 4.98 Å². The molecule has 0 amide bonds. The zero-order valence-electron chi connectivity index (χ0n) is 9.50. The van der Waals surface area contributed by atoms with Gasteiger partial charge in [0, 0.05) is 11.5 Å². The number of halogens is 2. The number of hydrogen-bond acceptors (Lipinski definition) is 3. The molecular formula is C12H12F2N2O. The first-order valence-corrected chi connectivity index (χ1v) is 5.20. The van der Waals surface area contributed by atoms with Crippen LogP contribution in [0.3, 0.4) is 0 Å². The van der Waals surface area contributed by atoms with Crippen molar-refractivity contribution in [1.29, 1.82) is 0 Å². The quantitative estimate of drug-likeness (QED) is 0.873. The van der Waals surface area contributed by atoms with Gasteiger partial charge in [0.15, 0.2) is 11.6 Å². The number of benzene rings is 1. The van der Waals surface area contributed by atoms with E-state index in [2.05, 4.69) is 4.98 Å². The Kier molecular flexibility index (Phi) is 2.83. The van der Waals surface area contributed by atoms with E-state index in [-0.39, 0.29) is 11.9 Å². The van der Waals surface area contributed by atoms with E-state index in [4.69, 9.17) is 10.2 Å².